The quantitative estimate of drug-likeness (QED) is 0.675. The van der Waals surface area contributed by atoms with E-state index >= 15 is 0 Å². The average molecular weight is 331 g/mol. The van der Waals surface area contributed by atoms with Crippen LogP contribution in [-0.4, -0.2) is 9.78 Å². The van der Waals surface area contributed by atoms with E-state index in [1.54, 1.807) is 0 Å². The van der Waals surface area contributed by atoms with Crippen molar-refractivity contribution in [3.05, 3.63) is 59.8 Å². The predicted molar refractivity (Wildman–Crippen MR) is 84.1 cm³/mol. The molecule has 20 heavy (non-hydrogen) atoms. The van der Waals surface area contributed by atoms with E-state index in [2.05, 4.69) is 39.2 Å². The highest BCUT2D eigenvalue weighted by Crippen LogP contribution is 2.21. The number of nitrogens with zero attached hydrogens (tertiary/aromatic N) is 2. The van der Waals surface area contributed by atoms with E-state index in [9.17, 15) is 0 Å². The molecule has 0 saturated carbocycles. The smallest absolute Gasteiger partial charge is 0.133 e. The van der Waals surface area contributed by atoms with Gasteiger partial charge in [-0.1, -0.05) is 46.3 Å². The van der Waals surface area contributed by atoms with Crippen molar-refractivity contribution >= 4 is 26.8 Å². The molecular formula is C16H15BrN2O. The minimum Gasteiger partial charge on any atom is -0.487 e. The van der Waals surface area contributed by atoms with Crippen LogP contribution in [0, 0.1) is 0 Å². The summed E-state index contributed by atoms with van der Waals surface area (Å²) in [4.78, 5) is 0. The van der Waals surface area contributed by atoms with Crippen LogP contribution in [0.4, 0.5) is 0 Å². The van der Waals surface area contributed by atoms with Gasteiger partial charge >= 0.3 is 0 Å². The van der Waals surface area contributed by atoms with Crippen molar-refractivity contribution < 1.29 is 4.74 Å². The number of fused-ring (bicyclic) bond motifs is 1. The second kappa shape index (κ2) is 5.67. The van der Waals surface area contributed by atoms with Gasteiger partial charge in [-0.25, -0.2) is 0 Å². The Morgan fingerprint density at radius 3 is 2.85 bits per heavy atom. The van der Waals surface area contributed by atoms with Gasteiger partial charge in [-0.3, -0.25) is 4.68 Å². The Balaban J connectivity index is 1.83. The number of aromatic nitrogens is 2. The monoisotopic (exact) mass is 330 g/mol. The van der Waals surface area contributed by atoms with Gasteiger partial charge in [0.05, 0.1) is 5.52 Å². The molecule has 0 radical (unpaired) electrons. The van der Waals surface area contributed by atoms with E-state index in [0.717, 1.165) is 27.7 Å². The van der Waals surface area contributed by atoms with Gasteiger partial charge in [-0.05, 0) is 23.8 Å². The zero-order chi connectivity index (χ0) is 13.9. The van der Waals surface area contributed by atoms with Crippen LogP contribution in [0.5, 0.6) is 5.75 Å². The maximum Gasteiger partial charge on any atom is 0.133 e. The summed E-state index contributed by atoms with van der Waals surface area (Å²) in [5, 5.41) is 6.50. The summed E-state index contributed by atoms with van der Waals surface area (Å²) >= 11 is 3.45. The lowest BCUT2D eigenvalue weighted by Gasteiger charge is -2.05. The zero-order valence-electron chi connectivity index (χ0n) is 11.2. The summed E-state index contributed by atoms with van der Waals surface area (Å²) in [7, 11) is 1.96. The summed E-state index contributed by atoms with van der Waals surface area (Å²) in [6.45, 7) is 0.479. The van der Waals surface area contributed by atoms with Crippen molar-refractivity contribution in [2.75, 3.05) is 0 Å². The number of alkyl halides is 1. The standard InChI is InChI=1S/C16H15BrN2O/c1-19-16-8-3-2-7-14(16)15(18-19)11-20-13-6-4-5-12(9-13)10-17/h2-9H,10-11H2,1H3. The van der Waals surface area contributed by atoms with Crippen LogP contribution in [0.15, 0.2) is 48.5 Å². The summed E-state index contributed by atoms with van der Waals surface area (Å²) in [6, 6.07) is 16.3. The molecule has 4 heteroatoms. The first-order valence-corrected chi connectivity index (χ1v) is 7.58. The molecule has 0 aliphatic heterocycles. The fourth-order valence-electron chi connectivity index (χ4n) is 2.27. The molecule has 102 valence electrons. The molecule has 1 heterocycles. The van der Waals surface area contributed by atoms with Gasteiger partial charge in [0.2, 0.25) is 0 Å². The highest BCUT2D eigenvalue weighted by Gasteiger charge is 2.08. The Labute approximate surface area is 126 Å². The normalized spacial score (nSPS) is 10.9. The fourth-order valence-corrected chi connectivity index (χ4v) is 2.61. The third kappa shape index (κ3) is 2.56. The van der Waals surface area contributed by atoms with E-state index < -0.39 is 0 Å². The van der Waals surface area contributed by atoms with Gasteiger partial charge < -0.3 is 4.74 Å². The first kappa shape index (κ1) is 13.2. The van der Waals surface area contributed by atoms with E-state index in [0.29, 0.717) is 6.61 Å². The molecule has 0 spiro atoms. The molecule has 0 unspecified atom stereocenters. The third-order valence-corrected chi connectivity index (χ3v) is 3.91. The van der Waals surface area contributed by atoms with Crippen LogP contribution in [0.2, 0.25) is 0 Å². The van der Waals surface area contributed by atoms with Crippen molar-refractivity contribution in [3.63, 3.8) is 0 Å². The van der Waals surface area contributed by atoms with E-state index in [-0.39, 0.29) is 0 Å². The molecule has 1 aromatic heterocycles. The first-order chi connectivity index (χ1) is 9.78. The molecule has 3 nitrogen and oxygen atoms in total. The Bertz CT molecular complexity index is 736. The van der Waals surface area contributed by atoms with Crippen molar-refractivity contribution in [3.8, 4) is 5.75 Å². The van der Waals surface area contributed by atoms with Gasteiger partial charge in [0.1, 0.15) is 18.1 Å². The Kier molecular flexibility index (Phi) is 3.74. The fraction of sp³-hybridized carbons (Fsp3) is 0.188. The summed E-state index contributed by atoms with van der Waals surface area (Å²) in [5.41, 5.74) is 3.29. The molecule has 2 aromatic carbocycles. The highest BCUT2D eigenvalue weighted by molar-refractivity contribution is 9.08. The number of hydrogen-bond acceptors (Lipinski definition) is 2. The van der Waals surface area contributed by atoms with Crippen LogP contribution < -0.4 is 4.74 Å². The molecule has 0 N–H and O–H groups in total. The van der Waals surface area contributed by atoms with Gasteiger partial charge in [0.25, 0.3) is 0 Å². The lowest BCUT2D eigenvalue weighted by molar-refractivity contribution is 0.301. The zero-order valence-corrected chi connectivity index (χ0v) is 12.8. The van der Waals surface area contributed by atoms with Gasteiger partial charge in [-0.15, -0.1) is 0 Å². The minimum absolute atomic E-state index is 0.479. The Morgan fingerprint density at radius 1 is 1.15 bits per heavy atom. The molecule has 0 amide bonds. The summed E-state index contributed by atoms with van der Waals surface area (Å²) in [6.07, 6.45) is 0. The van der Waals surface area contributed by atoms with Crippen molar-refractivity contribution in [1.29, 1.82) is 0 Å². The van der Waals surface area contributed by atoms with Crippen LogP contribution >= 0.6 is 15.9 Å². The van der Waals surface area contributed by atoms with E-state index in [1.165, 1.54) is 5.56 Å². The molecule has 0 aliphatic rings. The van der Waals surface area contributed by atoms with Crippen molar-refractivity contribution in [2.24, 2.45) is 7.05 Å². The van der Waals surface area contributed by atoms with Gasteiger partial charge in [0, 0.05) is 17.8 Å². The van der Waals surface area contributed by atoms with E-state index in [4.69, 9.17) is 4.74 Å². The number of benzene rings is 2. The Morgan fingerprint density at radius 2 is 2.00 bits per heavy atom. The lowest BCUT2D eigenvalue weighted by Crippen LogP contribution is -1.98. The number of hydrogen-bond donors (Lipinski definition) is 0. The number of halogens is 1. The highest BCUT2D eigenvalue weighted by atomic mass is 79.9. The molecule has 0 bridgehead atoms. The molecule has 0 atom stereocenters. The van der Waals surface area contributed by atoms with Crippen LogP contribution in [0.3, 0.4) is 0 Å². The second-order valence-electron chi connectivity index (χ2n) is 4.66. The number of aryl methyl sites for hydroxylation is 1. The molecule has 0 aliphatic carbocycles. The maximum atomic E-state index is 5.86. The molecule has 3 aromatic rings. The topological polar surface area (TPSA) is 27.1 Å². The average Bonchev–Trinajstić information content (AvgIpc) is 2.82. The van der Waals surface area contributed by atoms with E-state index in [1.807, 2.05) is 42.1 Å². The molecule has 0 fully saturated rings. The predicted octanol–water partition coefficient (Wildman–Crippen LogP) is 4.05. The number of ether oxygens (including phenoxy) is 1. The minimum atomic E-state index is 0.479. The number of rotatable bonds is 4. The number of para-hydroxylation sites is 1. The second-order valence-corrected chi connectivity index (χ2v) is 5.22. The largest absolute Gasteiger partial charge is 0.487 e. The molecular weight excluding hydrogens is 316 g/mol. The van der Waals surface area contributed by atoms with Crippen molar-refractivity contribution in [2.45, 2.75) is 11.9 Å². The van der Waals surface area contributed by atoms with Crippen LogP contribution in [-0.2, 0) is 19.0 Å². The Hall–Kier alpha value is -1.81. The molecule has 0 saturated heterocycles. The van der Waals surface area contributed by atoms with Crippen LogP contribution in [0.25, 0.3) is 10.9 Å². The maximum absolute atomic E-state index is 5.86. The molecule has 3 rings (SSSR count). The summed E-state index contributed by atoms with van der Waals surface area (Å²) < 4.78 is 7.75. The summed E-state index contributed by atoms with van der Waals surface area (Å²) in [5.74, 6) is 0.872. The van der Waals surface area contributed by atoms with Gasteiger partial charge in [-0.2, -0.15) is 5.10 Å². The third-order valence-electron chi connectivity index (χ3n) is 3.26. The van der Waals surface area contributed by atoms with Gasteiger partial charge in [0.15, 0.2) is 0 Å². The van der Waals surface area contributed by atoms with Crippen LogP contribution in [0.1, 0.15) is 11.3 Å². The SMILES string of the molecule is Cn1nc(COc2cccc(CBr)c2)c2ccccc21. The first-order valence-electron chi connectivity index (χ1n) is 6.46. The lowest BCUT2D eigenvalue weighted by atomic mass is 10.2. The van der Waals surface area contributed by atoms with Crippen molar-refractivity contribution in [1.82, 2.24) is 9.78 Å².